The van der Waals surface area contributed by atoms with Gasteiger partial charge in [0, 0.05) is 42.9 Å². The molecule has 1 aliphatic heterocycles. The van der Waals surface area contributed by atoms with Crippen molar-refractivity contribution in [1.82, 2.24) is 10.2 Å². The number of non-ortho nitro benzene ring substituents is 1. The quantitative estimate of drug-likeness (QED) is 0.318. The van der Waals surface area contributed by atoms with E-state index in [2.05, 4.69) is 5.32 Å². The second-order valence-corrected chi connectivity index (χ2v) is 5.64. The zero-order valence-corrected chi connectivity index (χ0v) is 13.6. The van der Waals surface area contributed by atoms with Crippen molar-refractivity contribution >= 4 is 23.4 Å². The number of amides is 3. The van der Waals surface area contributed by atoms with Crippen molar-refractivity contribution in [3.05, 3.63) is 52.1 Å². The lowest BCUT2D eigenvalue weighted by molar-refractivity contribution is -0.384. The van der Waals surface area contributed by atoms with E-state index in [4.69, 9.17) is 0 Å². The molecule has 8 nitrogen and oxygen atoms in total. The molecular weight excluding hydrogens is 326 g/mol. The van der Waals surface area contributed by atoms with Crippen LogP contribution in [0.15, 0.2) is 36.4 Å². The molecular formula is C17H19N3O5. The number of carbonyl (C=O) groups is 3. The number of unbranched alkanes of at least 4 members (excludes halogenated alkanes) is 3. The third kappa shape index (κ3) is 5.23. The Balaban J connectivity index is 1.58. The van der Waals surface area contributed by atoms with E-state index in [0.717, 1.165) is 25.7 Å². The van der Waals surface area contributed by atoms with E-state index in [1.54, 1.807) is 0 Å². The van der Waals surface area contributed by atoms with Crippen molar-refractivity contribution in [3.8, 4) is 0 Å². The van der Waals surface area contributed by atoms with Crippen LogP contribution in [0.25, 0.3) is 0 Å². The SMILES string of the molecule is O=C(NCCCCCCN1C(=O)C=CC1=O)c1ccc([N+](=O)[O-])cc1. The molecule has 25 heavy (non-hydrogen) atoms. The Hall–Kier alpha value is -3.03. The fourth-order valence-electron chi connectivity index (χ4n) is 2.44. The Morgan fingerprint density at radius 2 is 1.60 bits per heavy atom. The Morgan fingerprint density at radius 1 is 1.00 bits per heavy atom. The van der Waals surface area contributed by atoms with Crippen molar-refractivity contribution in [2.75, 3.05) is 13.1 Å². The van der Waals surface area contributed by atoms with Crippen LogP contribution < -0.4 is 5.32 Å². The van der Waals surface area contributed by atoms with Gasteiger partial charge in [0.1, 0.15) is 0 Å². The van der Waals surface area contributed by atoms with Crippen molar-refractivity contribution in [3.63, 3.8) is 0 Å². The van der Waals surface area contributed by atoms with E-state index in [0.29, 0.717) is 18.7 Å². The number of rotatable bonds is 9. The van der Waals surface area contributed by atoms with Gasteiger partial charge in [0.25, 0.3) is 23.4 Å². The molecule has 3 amide bonds. The zero-order valence-electron chi connectivity index (χ0n) is 13.6. The summed E-state index contributed by atoms with van der Waals surface area (Å²) in [5.41, 5.74) is 0.325. The van der Waals surface area contributed by atoms with E-state index in [1.807, 2.05) is 0 Å². The molecule has 1 aromatic carbocycles. The molecule has 8 heteroatoms. The van der Waals surface area contributed by atoms with Crippen molar-refractivity contribution in [1.29, 1.82) is 0 Å². The molecule has 132 valence electrons. The minimum atomic E-state index is -0.513. The summed E-state index contributed by atoms with van der Waals surface area (Å²) in [4.78, 5) is 45.9. The van der Waals surface area contributed by atoms with Gasteiger partial charge in [-0.1, -0.05) is 12.8 Å². The first kappa shape index (κ1) is 18.3. The molecule has 0 bridgehead atoms. The molecule has 1 N–H and O–H groups in total. The summed E-state index contributed by atoms with van der Waals surface area (Å²) >= 11 is 0. The Bertz CT molecular complexity index is 679. The second kappa shape index (κ2) is 8.72. The molecule has 1 heterocycles. The molecule has 1 aromatic rings. The number of nitrogens with zero attached hydrogens (tertiary/aromatic N) is 2. The molecule has 0 radical (unpaired) electrons. The highest BCUT2D eigenvalue weighted by atomic mass is 16.6. The van der Waals surface area contributed by atoms with Crippen LogP contribution in [0.4, 0.5) is 5.69 Å². The largest absolute Gasteiger partial charge is 0.352 e. The monoisotopic (exact) mass is 345 g/mol. The van der Waals surface area contributed by atoms with Crippen LogP contribution in [0.2, 0.25) is 0 Å². The smallest absolute Gasteiger partial charge is 0.269 e. The van der Waals surface area contributed by atoms with Crippen LogP contribution in [0.5, 0.6) is 0 Å². The molecule has 0 saturated heterocycles. The summed E-state index contributed by atoms with van der Waals surface area (Å²) in [6.07, 6.45) is 5.77. The summed E-state index contributed by atoms with van der Waals surface area (Å²) in [6.45, 7) is 0.915. The fourth-order valence-corrected chi connectivity index (χ4v) is 2.44. The average molecular weight is 345 g/mol. The summed E-state index contributed by atoms with van der Waals surface area (Å²) in [6, 6.07) is 5.44. The number of nitro benzene ring substituents is 1. The fraction of sp³-hybridized carbons (Fsp3) is 0.353. The van der Waals surface area contributed by atoms with Crippen LogP contribution in [0, 0.1) is 10.1 Å². The van der Waals surface area contributed by atoms with Crippen molar-refractivity contribution < 1.29 is 19.3 Å². The summed E-state index contributed by atoms with van der Waals surface area (Å²) in [5, 5.41) is 13.3. The lowest BCUT2D eigenvalue weighted by Gasteiger charge is -2.13. The van der Waals surface area contributed by atoms with Gasteiger partial charge in [0.05, 0.1) is 4.92 Å². The molecule has 0 spiro atoms. The van der Waals surface area contributed by atoms with Gasteiger partial charge in [-0.25, -0.2) is 0 Å². The van der Waals surface area contributed by atoms with Gasteiger partial charge in [0.15, 0.2) is 0 Å². The van der Waals surface area contributed by atoms with Gasteiger partial charge in [-0.15, -0.1) is 0 Å². The van der Waals surface area contributed by atoms with Crippen molar-refractivity contribution in [2.24, 2.45) is 0 Å². The van der Waals surface area contributed by atoms with Gasteiger partial charge in [-0.05, 0) is 25.0 Å². The van der Waals surface area contributed by atoms with E-state index < -0.39 is 4.92 Å². The standard InChI is InChI=1S/C17H19N3O5/c21-15-9-10-16(22)19(15)12-4-2-1-3-11-18-17(23)13-5-7-14(8-6-13)20(24)25/h5-10H,1-4,11-12H2,(H,18,23). The van der Waals surface area contributed by atoms with E-state index in [1.165, 1.54) is 41.3 Å². The highest BCUT2D eigenvalue weighted by Crippen LogP contribution is 2.12. The third-order valence-electron chi connectivity index (χ3n) is 3.83. The molecule has 0 aliphatic carbocycles. The van der Waals surface area contributed by atoms with E-state index in [9.17, 15) is 24.5 Å². The number of hydrogen-bond donors (Lipinski definition) is 1. The predicted octanol–water partition coefficient (Wildman–Crippen LogP) is 1.81. The number of nitrogens with one attached hydrogen (secondary N) is 1. The third-order valence-corrected chi connectivity index (χ3v) is 3.83. The van der Waals surface area contributed by atoms with Gasteiger partial charge in [0.2, 0.25) is 0 Å². The lowest BCUT2D eigenvalue weighted by Crippen LogP contribution is -2.30. The van der Waals surface area contributed by atoms with Crippen LogP contribution >= 0.6 is 0 Å². The first-order valence-corrected chi connectivity index (χ1v) is 8.05. The highest BCUT2D eigenvalue weighted by molar-refractivity contribution is 6.12. The van der Waals surface area contributed by atoms with Gasteiger partial charge in [-0.3, -0.25) is 29.4 Å². The highest BCUT2D eigenvalue weighted by Gasteiger charge is 2.22. The maximum absolute atomic E-state index is 11.9. The van der Waals surface area contributed by atoms with Crippen LogP contribution in [0.3, 0.4) is 0 Å². The number of benzene rings is 1. The van der Waals surface area contributed by atoms with Crippen molar-refractivity contribution in [2.45, 2.75) is 25.7 Å². The topological polar surface area (TPSA) is 110 Å². The number of hydrogen-bond acceptors (Lipinski definition) is 5. The summed E-state index contributed by atoms with van der Waals surface area (Å²) in [7, 11) is 0. The maximum atomic E-state index is 11.9. The first-order valence-electron chi connectivity index (χ1n) is 8.05. The molecule has 0 unspecified atom stereocenters. The zero-order chi connectivity index (χ0) is 18.2. The normalized spacial score (nSPS) is 13.4. The summed E-state index contributed by atoms with van der Waals surface area (Å²) < 4.78 is 0. The van der Waals surface area contributed by atoms with Gasteiger partial charge >= 0.3 is 0 Å². The average Bonchev–Trinajstić information content (AvgIpc) is 2.92. The molecule has 0 atom stereocenters. The first-order chi connectivity index (χ1) is 12.0. The molecule has 0 aromatic heterocycles. The maximum Gasteiger partial charge on any atom is 0.269 e. The molecule has 0 saturated carbocycles. The minimum Gasteiger partial charge on any atom is -0.352 e. The van der Waals surface area contributed by atoms with E-state index in [-0.39, 0.29) is 23.4 Å². The molecule has 1 aliphatic rings. The molecule has 2 rings (SSSR count). The van der Waals surface area contributed by atoms with Crippen LogP contribution in [-0.4, -0.2) is 40.6 Å². The van der Waals surface area contributed by atoms with E-state index >= 15 is 0 Å². The lowest BCUT2D eigenvalue weighted by atomic mass is 10.1. The Morgan fingerprint density at radius 3 is 2.20 bits per heavy atom. The van der Waals surface area contributed by atoms with Crippen LogP contribution in [0.1, 0.15) is 36.0 Å². The Kier molecular flexibility index (Phi) is 6.39. The molecule has 0 fully saturated rings. The number of nitro groups is 1. The number of carbonyl (C=O) groups excluding carboxylic acids is 3. The second-order valence-electron chi connectivity index (χ2n) is 5.64. The van der Waals surface area contributed by atoms with Gasteiger partial charge < -0.3 is 5.32 Å². The summed E-state index contributed by atoms with van der Waals surface area (Å²) in [5.74, 6) is -0.796. The number of imide groups is 1. The minimum absolute atomic E-state index is 0.0540. The predicted molar refractivity (Wildman–Crippen MR) is 89.8 cm³/mol. The Labute approximate surface area is 144 Å². The van der Waals surface area contributed by atoms with Gasteiger partial charge in [-0.2, -0.15) is 0 Å². The van der Waals surface area contributed by atoms with Crippen LogP contribution in [-0.2, 0) is 9.59 Å².